The lowest BCUT2D eigenvalue weighted by Gasteiger charge is -2.33. The third kappa shape index (κ3) is 7.61. The molecule has 0 saturated carbocycles. The molecule has 0 bridgehead atoms. The number of nitrogens with zero attached hydrogens (tertiary/aromatic N) is 2. The lowest BCUT2D eigenvalue weighted by Crippen LogP contribution is -2.52. The Morgan fingerprint density at radius 1 is 0.923 bits per heavy atom. The molecule has 9 heteroatoms. The van der Waals surface area contributed by atoms with Crippen molar-refractivity contribution in [3.8, 4) is 0 Å². The molecule has 3 aromatic carbocycles. The van der Waals surface area contributed by atoms with Crippen molar-refractivity contribution in [2.75, 3.05) is 10.8 Å². The van der Waals surface area contributed by atoms with Gasteiger partial charge in [-0.2, -0.15) is 0 Å². The van der Waals surface area contributed by atoms with Crippen LogP contribution in [0.2, 0.25) is 5.02 Å². The Bertz CT molecular complexity index is 1390. The number of nitrogens with one attached hydrogen (secondary N) is 1. The van der Waals surface area contributed by atoms with E-state index in [1.165, 1.54) is 29.2 Å². The summed E-state index contributed by atoms with van der Waals surface area (Å²) in [6.07, 6.45) is 0.741. The van der Waals surface area contributed by atoms with Crippen LogP contribution in [0.4, 0.5) is 5.69 Å². The molecule has 1 N–H and O–H groups in total. The zero-order valence-electron chi connectivity index (χ0n) is 23.0. The molecule has 2 unspecified atom stereocenters. The highest BCUT2D eigenvalue weighted by atomic mass is 35.5. The number of anilines is 1. The van der Waals surface area contributed by atoms with E-state index < -0.39 is 28.5 Å². The van der Waals surface area contributed by atoms with Crippen molar-refractivity contribution >= 4 is 39.1 Å². The van der Waals surface area contributed by atoms with Crippen LogP contribution in [0.1, 0.15) is 43.9 Å². The van der Waals surface area contributed by atoms with Crippen LogP contribution in [-0.4, -0.2) is 43.8 Å². The van der Waals surface area contributed by atoms with Crippen molar-refractivity contribution in [3.05, 3.63) is 94.5 Å². The molecule has 0 radical (unpaired) electrons. The summed E-state index contributed by atoms with van der Waals surface area (Å²) in [5.74, 6) is -0.795. The van der Waals surface area contributed by atoms with Crippen LogP contribution in [0.25, 0.3) is 0 Å². The molecule has 0 aromatic heterocycles. The van der Waals surface area contributed by atoms with Crippen molar-refractivity contribution in [2.45, 2.75) is 64.6 Å². The lowest BCUT2D eigenvalue weighted by atomic mass is 10.1. The minimum absolute atomic E-state index is 0.00981. The molecule has 2 atom stereocenters. The second kappa shape index (κ2) is 13.1. The van der Waals surface area contributed by atoms with Gasteiger partial charge in [0.1, 0.15) is 12.6 Å². The average molecular weight is 570 g/mol. The van der Waals surface area contributed by atoms with Gasteiger partial charge in [-0.25, -0.2) is 8.42 Å². The zero-order chi connectivity index (χ0) is 28.7. The number of amides is 2. The molecular formula is C30H36ClN3O4S. The van der Waals surface area contributed by atoms with E-state index in [0.29, 0.717) is 16.3 Å². The fourth-order valence-electron chi connectivity index (χ4n) is 4.03. The van der Waals surface area contributed by atoms with E-state index in [4.69, 9.17) is 11.6 Å². The fourth-order valence-corrected chi connectivity index (χ4v) is 5.63. The number of hydrogen-bond acceptors (Lipinski definition) is 4. The predicted octanol–water partition coefficient (Wildman–Crippen LogP) is 5.48. The maximum Gasteiger partial charge on any atom is 0.264 e. The maximum atomic E-state index is 14.0. The minimum atomic E-state index is -4.14. The number of sulfonamides is 1. The van der Waals surface area contributed by atoms with Gasteiger partial charge in [0, 0.05) is 17.6 Å². The first kappa shape index (κ1) is 30.2. The average Bonchev–Trinajstić information content (AvgIpc) is 2.91. The van der Waals surface area contributed by atoms with Crippen LogP contribution < -0.4 is 9.62 Å². The molecule has 3 aromatic rings. The number of para-hydroxylation sites is 1. The molecule has 0 aliphatic rings. The van der Waals surface area contributed by atoms with Crippen molar-refractivity contribution in [1.29, 1.82) is 0 Å². The number of hydrogen-bond donors (Lipinski definition) is 1. The monoisotopic (exact) mass is 569 g/mol. The number of carbonyl (C=O) groups excluding carboxylic acids is 2. The fraction of sp³-hybridized carbons (Fsp3) is 0.333. The molecule has 0 fully saturated rings. The summed E-state index contributed by atoms with van der Waals surface area (Å²) in [5.41, 5.74) is 2.97. The molecule has 0 saturated heterocycles. The summed E-state index contributed by atoms with van der Waals surface area (Å²) in [6.45, 7) is 8.95. The van der Waals surface area contributed by atoms with Gasteiger partial charge in [-0.15, -0.1) is 0 Å². The van der Waals surface area contributed by atoms with E-state index in [2.05, 4.69) is 5.32 Å². The van der Waals surface area contributed by atoms with Crippen molar-refractivity contribution < 1.29 is 18.0 Å². The molecule has 3 rings (SSSR count). The van der Waals surface area contributed by atoms with E-state index in [0.717, 1.165) is 21.9 Å². The lowest BCUT2D eigenvalue weighted by molar-refractivity contribution is -0.139. The summed E-state index contributed by atoms with van der Waals surface area (Å²) < 4.78 is 28.8. The maximum absolute atomic E-state index is 14.0. The Morgan fingerprint density at radius 2 is 1.54 bits per heavy atom. The number of rotatable bonds is 11. The summed E-state index contributed by atoms with van der Waals surface area (Å²) in [7, 11) is -4.14. The summed E-state index contributed by atoms with van der Waals surface area (Å²) >= 11 is 6.00. The van der Waals surface area contributed by atoms with Crippen LogP contribution in [0.15, 0.2) is 77.7 Å². The van der Waals surface area contributed by atoms with Gasteiger partial charge in [-0.3, -0.25) is 13.9 Å². The summed E-state index contributed by atoms with van der Waals surface area (Å²) in [6, 6.07) is 19.6. The number of halogens is 1. The standard InChI is InChI=1S/C30H36ClN3O4S/c1-6-23(4)32-30(36)24(5)33(19-25-13-11-21(2)12-14-25)29(35)20-34(28-10-8-7-9-22(28)3)39(37,38)27-17-15-26(31)16-18-27/h7-18,23-24H,6,19-20H2,1-5H3,(H,32,36). The van der Waals surface area contributed by atoms with Gasteiger partial charge in [0.05, 0.1) is 10.6 Å². The van der Waals surface area contributed by atoms with E-state index in [1.807, 2.05) is 45.0 Å². The minimum Gasteiger partial charge on any atom is -0.352 e. The summed E-state index contributed by atoms with van der Waals surface area (Å²) in [4.78, 5) is 28.5. The van der Waals surface area contributed by atoms with Crippen LogP contribution in [0.3, 0.4) is 0 Å². The Hall–Kier alpha value is -3.36. The SMILES string of the molecule is CCC(C)NC(=O)C(C)N(Cc1ccc(C)cc1)C(=O)CN(c1ccccc1C)S(=O)(=O)c1ccc(Cl)cc1. The van der Waals surface area contributed by atoms with Crippen molar-refractivity contribution in [1.82, 2.24) is 10.2 Å². The third-order valence-corrected chi connectivity index (χ3v) is 8.73. The zero-order valence-corrected chi connectivity index (χ0v) is 24.6. The van der Waals surface area contributed by atoms with Crippen LogP contribution in [0, 0.1) is 13.8 Å². The Kier molecular flexibility index (Phi) is 10.2. The highest BCUT2D eigenvalue weighted by Gasteiger charge is 2.33. The van der Waals surface area contributed by atoms with Gasteiger partial charge in [-0.1, -0.05) is 66.6 Å². The van der Waals surface area contributed by atoms with E-state index in [-0.39, 0.29) is 23.4 Å². The largest absolute Gasteiger partial charge is 0.352 e. The Labute approximate surface area is 236 Å². The first-order valence-electron chi connectivity index (χ1n) is 12.9. The molecule has 208 valence electrons. The van der Waals surface area contributed by atoms with Gasteiger partial charge in [0.2, 0.25) is 11.8 Å². The van der Waals surface area contributed by atoms with Gasteiger partial charge in [-0.05, 0) is 75.6 Å². The predicted molar refractivity (Wildman–Crippen MR) is 156 cm³/mol. The molecule has 0 aliphatic carbocycles. The van der Waals surface area contributed by atoms with Crippen molar-refractivity contribution in [3.63, 3.8) is 0 Å². The van der Waals surface area contributed by atoms with Crippen LogP contribution >= 0.6 is 11.6 Å². The second-order valence-electron chi connectivity index (χ2n) is 9.75. The highest BCUT2D eigenvalue weighted by molar-refractivity contribution is 7.92. The Morgan fingerprint density at radius 3 is 2.13 bits per heavy atom. The molecule has 0 spiro atoms. The van der Waals surface area contributed by atoms with Crippen molar-refractivity contribution in [2.24, 2.45) is 0 Å². The van der Waals surface area contributed by atoms with Crippen LogP contribution in [-0.2, 0) is 26.2 Å². The highest BCUT2D eigenvalue weighted by Crippen LogP contribution is 2.28. The van der Waals surface area contributed by atoms with Gasteiger partial charge in [0.15, 0.2) is 0 Å². The number of benzene rings is 3. The van der Waals surface area contributed by atoms with Gasteiger partial charge in [0.25, 0.3) is 10.0 Å². The van der Waals surface area contributed by atoms with E-state index >= 15 is 0 Å². The molecule has 0 aliphatic heterocycles. The first-order valence-corrected chi connectivity index (χ1v) is 14.7. The molecule has 39 heavy (non-hydrogen) atoms. The van der Waals surface area contributed by atoms with Crippen LogP contribution in [0.5, 0.6) is 0 Å². The normalized spacial score (nSPS) is 12.9. The molecule has 2 amide bonds. The summed E-state index contributed by atoms with van der Waals surface area (Å²) in [5, 5.41) is 3.34. The Balaban J connectivity index is 2.03. The number of aryl methyl sites for hydroxylation is 2. The van der Waals surface area contributed by atoms with E-state index in [9.17, 15) is 18.0 Å². The quantitative estimate of drug-likeness (QED) is 0.331. The van der Waals surface area contributed by atoms with E-state index in [1.54, 1.807) is 38.1 Å². The van der Waals surface area contributed by atoms with Gasteiger partial charge >= 0.3 is 0 Å². The molecule has 0 heterocycles. The molecule has 7 nitrogen and oxygen atoms in total. The number of carbonyl (C=O) groups is 2. The smallest absolute Gasteiger partial charge is 0.264 e. The molecular weight excluding hydrogens is 534 g/mol. The van der Waals surface area contributed by atoms with Gasteiger partial charge < -0.3 is 10.2 Å². The second-order valence-corrected chi connectivity index (χ2v) is 12.1. The third-order valence-electron chi connectivity index (χ3n) is 6.71. The first-order chi connectivity index (χ1) is 18.4. The topological polar surface area (TPSA) is 86.8 Å².